The Balaban J connectivity index is 1.48. The van der Waals surface area contributed by atoms with Crippen LogP contribution in [0.2, 0.25) is 0 Å². The summed E-state index contributed by atoms with van der Waals surface area (Å²) in [5.41, 5.74) is 2.82. The fourth-order valence-electron chi connectivity index (χ4n) is 4.44. The van der Waals surface area contributed by atoms with Crippen LogP contribution in [0, 0.1) is 12.7 Å². The number of ether oxygens (including phenoxy) is 1. The molecule has 1 saturated carbocycles. The van der Waals surface area contributed by atoms with Crippen LogP contribution in [-0.2, 0) is 11.3 Å². The van der Waals surface area contributed by atoms with Crippen LogP contribution in [0.25, 0.3) is 0 Å². The highest BCUT2D eigenvalue weighted by Gasteiger charge is 2.46. The van der Waals surface area contributed by atoms with E-state index in [0.717, 1.165) is 43.5 Å². The molecule has 4 rings (SSSR count). The number of aryl methyl sites for hydroxylation is 1. The highest BCUT2D eigenvalue weighted by Crippen LogP contribution is 2.36. The second-order valence-corrected chi connectivity index (χ2v) is 8.80. The molecule has 2 N–H and O–H groups in total. The Bertz CT molecular complexity index is 886. The average Bonchev–Trinajstić information content (AvgIpc) is 3.13. The molecule has 0 radical (unpaired) electrons. The Morgan fingerprint density at radius 2 is 2.34 bits per heavy atom. The third-order valence-corrected chi connectivity index (χ3v) is 6.87. The van der Waals surface area contributed by atoms with Gasteiger partial charge in [0.1, 0.15) is 10.5 Å². The van der Waals surface area contributed by atoms with Crippen molar-refractivity contribution in [3.63, 3.8) is 0 Å². The molecule has 1 aromatic carbocycles. The third kappa shape index (κ3) is 4.29. The number of nitrogens with one attached hydrogen (secondary N) is 1. The fourth-order valence-corrected chi connectivity index (χ4v) is 5.15. The summed E-state index contributed by atoms with van der Waals surface area (Å²) in [5.74, 6) is -1.02. The van der Waals surface area contributed by atoms with Gasteiger partial charge in [0.05, 0.1) is 23.9 Å². The van der Waals surface area contributed by atoms with Crippen LogP contribution in [0.1, 0.15) is 46.6 Å². The summed E-state index contributed by atoms with van der Waals surface area (Å²) >= 11 is 1.36. The largest absolute Gasteiger partial charge is 0.505 e. The van der Waals surface area contributed by atoms with Gasteiger partial charge in [0.15, 0.2) is 11.6 Å². The van der Waals surface area contributed by atoms with Gasteiger partial charge in [0, 0.05) is 19.6 Å². The van der Waals surface area contributed by atoms with E-state index in [1.165, 1.54) is 23.5 Å². The number of benzene rings is 1. The summed E-state index contributed by atoms with van der Waals surface area (Å²) in [5, 5.41) is 12.6. The molecule has 2 atom stereocenters. The number of halogens is 1. The van der Waals surface area contributed by atoms with E-state index in [-0.39, 0.29) is 17.7 Å². The third-order valence-electron chi connectivity index (χ3n) is 5.94. The molecule has 0 unspecified atom stereocenters. The number of rotatable bonds is 4. The highest BCUT2D eigenvalue weighted by molar-refractivity contribution is 7.11. The van der Waals surface area contributed by atoms with Crippen LogP contribution in [0.4, 0.5) is 4.39 Å². The zero-order valence-corrected chi connectivity index (χ0v) is 17.3. The van der Waals surface area contributed by atoms with Gasteiger partial charge in [-0.2, -0.15) is 0 Å². The number of hydrogen-bond acceptors (Lipinski definition) is 6. The number of carbonyl (C=O) groups is 1. The molecule has 1 aromatic heterocycles. The molecule has 1 amide bonds. The summed E-state index contributed by atoms with van der Waals surface area (Å²) in [7, 11) is 0. The molecule has 2 aliphatic rings. The second kappa shape index (κ2) is 8.38. The van der Waals surface area contributed by atoms with Gasteiger partial charge in [-0.15, -0.1) is 11.3 Å². The number of hydrogen-bond donors (Lipinski definition) is 2. The van der Waals surface area contributed by atoms with Crippen molar-refractivity contribution in [3.8, 4) is 5.75 Å². The first-order valence-electron chi connectivity index (χ1n) is 10.0. The van der Waals surface area contributed by atoms with Crippen LogP contribution in [-0.4, -0.2) is 52.2 Å². The monoisotopic (exact) mass is 419 g/mol. The number of aromatic nitrogens is 1. The van der Waals surface area contributed by atoms with E-state index in [9.17, 15) is 14.3 Å². The van der Waals surface area contributed by atoms with Crippen molar-refractivity contribution >= 4 is 17.2 Å². The van der Waals surface area contributed by atoms with Crippen molar-refractivity contribution in [2.45, 2.75) is 50.8 Å². The molecule has 6 nitrogen and oxygen atoms in total. The molecule has 1 aliphatic heterocycles. The number of aromatic hydroxyl groups is 1. The number of phenolic OH excluding ortho intramolecular Hbond substituents is 1. The number of phenols is 1. The van der Waals surface area contributed by atoms with Gasteiger partial charge in [-0.05, 0) is 37.5 Å². The predicted octanol–water partition coefficient (Wildman–Crippen LogP) is 3.24. The molecule has 8 heteroatoms. The van der Waals surface area contributed by atoms with Gasteiger partial charge in [-0.1, -0.05) is 18.9 Å². The zero-order chi connectivity index (χ0) is 20.4. The molecule has 0 bridgehead atoms. The molecule has 29 heavy (non-hydrogen) atoms. The summed E-state index contributed by atoms with van der Waals surface area (Å²) in [6.45, 7) is 4.43. The maximum absolute atomic E-state index is 13.7. The van der Waals surface area contributed by atoms with E-state index in [0.29, 0.717) is 24.6 Å². The molecule has 1 saturated heterocycles. The van der Waals surface area contributed by atoms with Crippen LogP contribution in [0.5, 0.6) is 5.75 Å². The first-order chi connectivity index (χ1) is 14.0. The van der Waals surface area contributed by atoms with Crippen molar-refractivity contribution in [2.24, 2.45) is 0 Å². The van der Waals surface area contributed by atoms with Crippen molar-refractivity contribution < 1.29 is 19.0 Å². The molecular weight excluding hydrogens is 393 g/mol. The molecule has 2 heterocycles. The summed E-state index contributed by atoms with van der Waals surface area (Å²) in [6.07, 6.45) is 3.89. The predicted molar refractivity (Wildman–Crippen MR) is 109 cm³/mol. The van der Waals surface area contributed by atoms with Gasteiger partial charge < -0.3 is 15.2 Å². The SMILES string of the molecule is Cc1ncsc1C(=O)N[C@H]1CCCC[C@@]12CN(Cc1ccc(O)c(F)c1)CCO2. The lowest BCUT2D eigenvalue weighted by Crippen LogP contribution is -2.63. The van der Waals surface area contributed by atoms with E-state index in [2.05, 4.69) is 15.2 Å². The van der Waals surface area contributed by atoms with E-state index < -0.39 is 11.4 Å². The Hall–Kier alpha value is -2.03. The summed E-state index contributed by atoms with van der Waals surface area (Å²) in [4.78, 5) is 19.9. The second-order valence-electron chi connectivity index (χ2n) is 7.95. The maximum atomic E-state index is 13.7. The minimum absolute atomic E-state index is 0.0652. The lowest BCUT2D eigenvalue weighted by molar-refractivity contribution is -0.143. The first kappa shape index (κ1) is 20.3. The Kier molecular flexibility index (Phi) is 5.85. The average molecular weight is 420 g/mol. The van der Waals surface area contributed by atoms with Gasteiger partial charge in [-0.25, -0.2) is 9.37 Å². The number of nitrogens with zero attached hydrogens (tertiary/aromatic N) is 2. The van der Waals surface area contributed by atoms with E-state index in [4.69, 9.17) is 4.74 Å². The van der Waals surface area contributed by atoms with Crippen molar-refractivity contribution in [1.82, 2.24) is 15.2 Å². The quantitative estimate of drug-likeness (QED) is 0.796. The normalized spacial score (nSPS) is 25.2. The molecule has 1 aliphatic carbocycles. The standard InChI is InChI=1S/C21H26FN3O3S/c1-14-19(29-13-23-14)20(27)24-18-4-2-3-7-21(18)12-25(8-9-28-21)11-15-5-6-17(26)16(22)10-15/h5-6,10,13,18,26H,2-4,7-9,11-12H2,1H3,(H,24,27)/t18-,21+/m0/s1. The molecule has 2 fully saturated rings. The smallest absolute Gasteiger partial charge is 0.263 e. The minimum Gasteiger partial charge on any atom is -0.505 e. The van der Waals surface area contributed by atoms with Crippen molar-refractivity contribution in [3.05, 3.63) is 45.7 Å². The molecule has 2 aromatic rings. The highest BCUT2D eigenvalue weighted by atomic mass is 32.1. The number of morpholine rings is 1. The Morgan fingerprint density at radius 3 is 3.10 bits per heavy atom. The number of amides is 1. The van der Waals surface area contributed by atoms with Gasteiger partial charge in [0.2, 0.25) is 0 Å². The number of carbonyl (C=O) groups excluding carboxylic acids is 1. The van der Waals surface area contributed by atoms with Crippen LogP contribution >= 0.6 is 11.3 Å². The minimum atomic E-state index is -0.604. The molecule has 156 valence electrons. The lowest BCUT2D eigenvalue weighted by atomic mass is 9.78. The van der Waals surface area contributed by atoms with Gasteiger partial charge in [-0.3, -0.25) is 9.69 Å². The maximum Gasteiger partial charge on any atom is 0.263 e. The zero-order valence-electron chi connectivity index (χ0n) is 16.5. The summed E-state index contributed by atoms with van der Waals surface area (Å²) in [6, 6.07) is 4.45. The fraction of sp³-hybridized carbons (Fsp3) is 0.524. The van der Waals surface area contributed by atoms with Gasteiger partial charge >= 0.3 is 0 Å². The molecular formula is C21H26FN3O3S. The number of thiazole rings is 1. The van der Waals surface area contributed by atoms with E-state index in [1.54, 1.807) is 11.6 Å². The van der Waals surface area contributed by atoms with E-state index in [1.807, 2.05) is 6.92 Å². The Labute approximate surface area is 173 Å². The first-order valence-corrected chi connectivity index (χ1v) is 10.9. The molecule has 1 spiro atoms. The summed E-state index contributed by atoms with van der Waals surface area (Å²) < 4.78 is 20.0. The lowest BCUT2D eigenvalue weighted by Gasteiger charge is -2.49. The van der Waals surface area contributed by atoms with Gasteiger partial charge in [0.25, 0.3) is 5.91 Å². The van der Waals surface area contributed by atoms with Crippen molar-refractivity contribution in [2.75, 3.05) is 19.7 Å². The Morgan fingerprint density at radius 1 is 1.48 bits per heavy atom. The van der Waals surface area contributed by atoms with Crippen LogP contribution in [0.15, 0.2) is 23.7 Å². The van der Waals surface area contributed by atoms with Crippen LogP contribution < -0.4 is 5.32 Å². The van der Waals surface area contributed by atoms with Crippen molar-refractivity contribution in [1.29, 1.82) is 0 Å². The topological polar surface area (TPSA) is 74.7 Å². The van der Waals surface area contributed by atoms with Crippen LogP contribution in [0.3, 0.4) is 0 Å². The van der Waals surface area contributed by atoms with E-state index >= 15 is 0 Å².